The van der Waals surface area contributed by atoms with Crippen LogP contribution in [0.2, 0.25) is 0 Å². The van der Waals surface area contributed by atoms with Gasteiger partial charge in [0.2, 0.25) is 5.78 Å². The fourth-order valence-electron chi connectivity index (χ4n) is 3.72. The number of Topliss-reactive ketones (excluding diaryl/α,β-unsaturated/α-hetero) is 2. The summed E-state index contributed by atoms with van der Waals surface area (Å²) in [5.41, 5.74) is 2.09. The number of carbonyl (C=O) groups excluding carboxylic acids is 2. The van der Waals surface area contributed by atoms with Gasteiger partial charge in [-0.15, -0.1) is 0 Å². The molecule has 1 aliphatic heterocycles. The highest BCUT2D eigenvalue weighted by atomic mass is 16.5. The van der Waals surface area contributed by atoms with Gasteiger partial charge in [0.1, 0.15) is 11.5 Å². The van der Waals surface area contributed by atoms with Gasteiger partial charge in [-0.3, -0.25) is 9.59 Å². The van der Waals surface area contributed by atoms with E-state index in [1.165, 1.54) is 0 Å². The number of benzene rings is 3. The molecule has 1 heterocycles. The van der Waals surface area contributed by atoms with Crippen LogP contribution in [0.4, 0.5) is 0 Å². The van der Waals surface area contributed by atoms with Crippen molar-refractivity contribution in [3.63, 3.8) is 0 Å². The smallest absolute Gasteiger partial charge is 0.203 e. The van der Waals surface area contributed by atoms with E-state index in [1.807, 2.05) is 49.4 Å². The lowest BCUT2D eigenvalue weighted by Gasteiger charge is -2.18. The molecular weight excluding hydrogens is 364 g/mol. The summed E-state index contributed by atoms with van der Waals surface area (Å²) in [6.45, 7) is 2.49. The van der Waals surface area contributed by atoms with Gasteiger partial charge in [-0.25, -0.2) is 0 Å². The first-order chi connectivity index (χ1) is 14.2. The second kappa shape index (κ2) is 8.31. The van der Waals surface area contributed by atoms with Gasteiger partial charge in [0, 0.05) is 29.0 Å². The molecule has 146 valence electrons. The van der Waals surface area contributed by atoms with Crippen LogP contribution in [0.5, 0.6) is 11.5 Å². The summed E-state index contributed by atoms with van der Waals surface area (Å²) in [6.07, 6.45) is -0.504. The third-order valence-electron chi connectivity index (χ3n) is 5.15. The maximum atomic E-state index is 13.1. The van der Waals surface area contributed by atoms with E-state index in [1.54, 1.807) is 36.4 Å². The molecule has 0 bridgehead atoms. The van der Waals surface area contributed by atoms with Crippen LogP contribution in [0, 0.1) is 0 Å². The predicted molar refractivity (Wildman–Crippen MR) is 111 cm³/mol. The molecule has 4 heteroatoms. The van der Waals surface area contributed by atoms with E-state index in [2.05, 4.69) is 0 Å². The molecule has 0 saturated carbocycles. The van der Waals surface area contributed by atoms with E-state index >= 15 is 0 Å². The van der Waals surface area contributed by atoms with Crippen LogP contribution < -0.4 is 9.47 Å². The second-order valence-electron chi connectivity index (χ2n) is 7.00. The molecule has 0 radical (unpaired) electrons. The zero-order chi connectivity index (χ0) is 20.2. The fraction of sp³-hybridized carbons (Fsp3) is 0.200. The first-order valence-electron chi connectivity index (χ1n) is 9.78. The van der Waals surface area contributed by atoms with E-state index in [-0.39, 0.29) is 23.9 Å². The number of ether oxygens (including phenoxy) is 2. The molecule has 0 aromatic heterocycles. The maximum Gasteiger partial charge on any atom is 0.203 e. The third kappa shape index (κ3) is 3.92. The summed E-state index contributed by atoms with van der Waals surface area (Å²) in [5, 5.41) is 0. The summed E-state index contributed by atoms with van der Waals surface area (Å²) < 4.78 is 11.4. The molecule has 3 aromatic rings. The minimum Gasteiger partial charge on any atom is -0.494 e. The monoisotopic (exact) mass is 386 g/mol. The Balaban J connectivity index is 1.59. The lowest BCUT2D eigenvalue weighted by Crippen LogP contribution is -2.30. The standard InChI is InChI=1S/C25H22O4/c1-2-28-19-14-12-17(13-15-19)22(26)16-21-20-10-6-7-11-23(20)29-25(21)24(27)18-8-4-3-5-9-18/h3-15,21,25H,2,16H2,1H3/t21-,25-/m0/s1. The summed E-state index contributed by atoms with van der Waals surface area (Å²) in [4.78, 5) is 26.1. The zero-order valence-electron chi connectivity index (χ0n) is 16.2. The normalized spacial score (nSPS) is 17.3. The molecule has 0 spiro atoms. The van der Waals surface area contributed by atoms with Gasteiger partial charge in [0.25, 0.3) is 0 Å². The Morgan fingerprint density at radius 1 is 0.862 bits per heavy atom. The van der Waals surface area contributed by atoms with Crippen molar-refractivity contribution >= 4 is 11.6 Å². The van der Waals surface area contributed by atoms with Crippen LogP contribution in [0.15, 0.2) is 78.9 Å². The average molecular weight is 386 g/mol. The summed E-state index contributed by atoms with van der Waals surface area (Å²) in [6, 6.07) is 23.8. The summed E-state index contributed by atoms with van der Waals surface area (Å²) in [5.74, 6) is 0.954. The Labute approximate surface area is 170 Å². The highest BCUT2D eigenvalue weighted by Gasteiger charge is 2.40. The molecule has 0 N–H and O–H groups in total. The van der Waals surface area contributed by atoms with E-state index in [0.717, 1.165) is 11.3 Å². The van der Waals surface area contributed by atoms with E-state index in [4.69, 9.17) is 9.47 Å². The number of ketones is 2. The molecule has 1 aliphatic rings. The molecule has 3 aromatic carbocycles. The van der Waals surface area contributed by atoms with Crippen LogP contribution in [0.1, 0.15) is 45.5 Å². The Bertz CT molecular complexity index is 1010. The topological polar surface area (TPSA) is 52.6 Å². The first-order valence-corrected chi connectivity index (χ1v) is 9.78. The van der Waals surface area contributed by atoms with Crippen molar-refractivity contribution in [1.82, 2.24) is 0 Å². The van der Waals surface area contributed by atoms with Crippen molar-refractivity contribution in [3.05, 3.63) is 95.6 Å². The highest BCUT2D eigenvalue weighted by molar-refractivity contribution is 6.02. The molecular formula is C25H22O4. The molecule has 29 heavy (non-hydrogen) atoms. The van der Waals surface area contributed by atoms with Crippen molar-refractivity contribution < 1.29 is 19.1 Å². The Hall–Kier alpha value is -3.40. The Morgan fingerprint density at radius 2 is 1.55 bits per heavy atom. The van der Waals surface area contributed by atoms with Crippen molar-refractivity contribution in [2.24, 2.45) is 0 Å². The largest absolute Gasteiger partial charge is 0.494 e. The number of fused-ring (bicyclic) bond motifs is 1. The quantitative estimate of drug-likeness (QED) is 0.531. The van der Waals surface area contributed by atoms with E-state index in [9.17, 15) is 9.59 Å². The van der Waals surface area contributed by atoms with Crippen LogP contribution in [-0.2, 0) is 0 Å². The SMILES string of the molecule is CCOc1ccc(C(=O)C[C@H]2c3ccccc3O[C@@H]2C(=O)c2ccccc2)cc1. The van der Waals surface area contributed by atoms with Crippen LogP contribution in [0.3, 0.4) is 0 Å². The Kier molecular flexibility index (Phi) is 5.43. The van der Waals surface area contributed by atoms with Crippen molar-refractivity contribution in [2.75, 3.05) is 6.61 Å². The molecule has 2 atom stereocenters. The van der Waals surface area contributed by atoms with Gasteiger partial charge in [0.05, 0.1) is 6.61 Å². The van der Waals surface area contributed by atoms with Gasteiger partial charge in [-0.2, -0.15) is 0 Å². The van der Waals surface area contributed by atoms with Crippen LogP contribution in [-0.4, -0.2) is 24.3 Å². The number of para-hydroxylation sites is 1. The molecule has 0 unspecified atom stereocenters. The highest BCUT2D eigenvalue weighted by Crippen LogP contribution is 2.41. The lowest BCUT2D eigenvalue weighted by atomic mass is 9.85. The minimum atomic E-state index is -0.707. The van der Waals surface area contributed by atoms with E-state index in [0.29, 0.717) is 23.5 Å². The molecule has 4 nitrogen and oxygen atoms in total. The van der Waals surface area contributed by atoms with E-state index < -0.39 is 6.10 Å². The number of carbonyl (C=O) groups is 2. The third-order valence-corrected chi connectivity index (χ3v) is 5.15. The van der Waals surface area contributed by atoms with Gasteiger partial charge in [-0.1, -0.05) is 48.5 Å². The molecule has 4 rings (SSSR count). The van der Waals surface area contributed by atoms with Crippen molar-refractivity contribution in [2.45, 2.75) is 25.4 Å². The lowest BCUT2D eigenvalue weighted by molar-refractivity contribution is 0.0773. The zero-order valence-corrected chi connectivity index (χ0v) is 16.2. The molecule has 0 fully saturated rings. The van der Waals surface area contributed by atoms with Crippen molar-refractivity contribution in [3.8, 4) is 11.5 Å². The Morgan fingerprint density at radius 3 is 2.28 bits per heavy atom. The summed E-state index contributed by atoms with van der Waals surface area (Å²) in [7, 11) is 0. The maximum absolute atomic E-state index is 13.1. The average Bonchev–Trinajstić information content (AvgIpc) is 3.13. The van der Waals surface area contributed by atoms with Crippen LogP contribution >= 0.6 is 0 Å². The molecule has 0 saturated heterocycles. The fourth-order valence-corrected chi connectivity index (χ4v) is 3.72. The van der Waals surface area contributed by atoms with Gasteiger partial charge in [0.15, 0.2) is 11.9 Å². The minimum absolute atomic E-state index is 0.0239. The van der Waals surface area contributed by atoms with Gasteiger partial charge in [-0.05, 0) is 37.3 Å². The van der Waals surface area contributed by atoms with Gasteiger partial charge < -0.3 is 9.47 Å². The molecule has 0 amide bonds. The van der Waals surface area contributed by atoms with Crippen LogP contribution in [0.25, 0.3) is 0 Å². The van der Waals surface area contributed by atoms with Gasteiger partial charge >= 0.3 is 0 Å². The number of hydrogen-bond acceptors (Lipinski definition) is 4. The molecule has 0 aliphatic carbocycles. The predicted octanol–water partition coefficient (Wildman–Crippen LogP) is 5.09. The van der Waals surface area contributed by atoms with Crippen molar-refractivity contribution in [1.29, 1.82) is 0 Å². The summed E-state index contributed by atoms with van der Waals surface area (Å²) >= 11 is 0. The first kappa shape index (κ1) is 18.9. The number of rotatable bonds is 7. The number of hydrogen-bond donors (Lipinski definition) is 0. The second-order valence-corrected chi connectivity index (χ2v) is 7.00.